The predicted octanol–water partition coefficient (Wildman–Crippen LogP) is 1.41. The molecule has 0 amide bonds. The lowest BCUT2D eigenvalue weighted by Gasteiger charge is -2.25. The monoisotopic (exact) mass is 176 g/mol. The van der Waals surface area contributed by atoms with Gasteiger partial charge in [0.05, 0.1) is 0 Å². The highest BCUT2D eigenvalue weighted by molar-refractivity contribution is 7.39. The van der Waals surface area contributed by atoms with E-state index in [0.29, 0.717) is 12.8 Å². The van der Waals surface area contributed by atoms with Crippen LogP contribution in [0.4, 0.5) is 0 Å². The lowest BCUT2D eigenvalue weighted by molar-refractivity contribution is 0.102. The maximum absolute atomic E-state index is 8.58. The van der Waals surface area contributed by atoms with Gasteiger partial charge in [-0.25, -0.2) is 0 Å². The normalized spacial score (nSPS) is 11.6. The van der Waals surface area contributed by atoms with Gasteiger partial charge in [0.15, 0.2) is 0 Å². The highest BCUT2D eigenvalue weighted by Gasteiger charge is 2.27. The molecule has 0 spiro atoms. The Morgan fingerprint density at radius 2 is 1.91 bits per heavy atom. The predicted molar refractivity (Wildman–Crippen MR) is 44.6 cm³/mol. The summed E-state index contributed by atoms with van der Waals surface area (Å²) in [6.07, 6.45) is 6.36. The Kier molecular flexibility index (Phi) is 4.63. The van der Waals surface area contributed by atoms with E-state index >= 15 is 0 Å². The summed E-state index contributed by atoms with van der Waals surface area (Å²) in [4.78, 5) is 17.2. The van der Waals surface area contributed by atoms with Gasteiger partial charge < -0.3 is 9.79 Å². The van der Waals surface area contributed by atoms with Crippen LogP contribution in [0.5, 0.6) is 0 Å². The van der Waals surface area contributed by atoms with Crippen LogP contribution in [0, 0.1) is 12.3 Å². The summed E-state index contributed by atoms with van der Waals surface area (Å²) in [5.41, 5.74) is -0.796. The Morgan fingerprint density at radius 3 is 2.00 bits per heavy atom. The number of rotatable bonds is 4. The van der Waals surface area contributed by atoms with Gasteiger partial charge in [0.25, 0.3) is 0 Å². The number of hydrogen-bond acceptors (Lipinski definition) is 3. The fourth-order valence-corrected chi connectivity index (χ4v) is 1.39. The van der Waals surface area contributed by atoms with Gasteiger partial charge in [-0.1, -0.05) is 19.8 Å². The third kappa shape index (κ3) is 3.18. The summed E-state index contributed by atoms with van der Waals surface area (Å²) in [6, 6.07) is 0. The second kappa shape index (κ2) is 4.69. The molecule has 0 atom stereocenters. The minimum absolute atomic E-state index is 0.583. The molecule has 0 aromatic heterocycles. The zero-order valence-corrected chi connectivity index (χ0v) is 7.64. The molecule has 0 saturated heterocycles. The van der Waals surface area contributed by atoms with Gasteiger partial charge >= 0.3 is 8.60 Å². The van der Waals surface area contributed by atoms with E-state index in [1.807, 2.05) is 13.8 Å². The zero-order chi connectivity index (χ0) is 8.91. The van der Waals surface area contributed by atoms with Crippen LogP contribution < -0.4 is 0 Å². The van der Waals surface area contributed by atoms with Crippen molar-refractivity contribution in [2.24, 2.45) is 0 Å². The fourth-order valence-electron chi connectivity index (χ4n) is 0.766. The summed E-state index contributed by atoms with van der Waals surface area (Å²) in [5.74, 6) is 2.42. The van der Waals surface area contributed by atoms with Crippen molar-refractivity contribution in [2.45, 2.75) is 32.3 Å². The van der Waals surface area contributed by atoms with Crippen LogP contribution in [0.3, 0.4) is 0 Å². The molecule has 0 aliphatic heterocycles. The van der Waals surface area contributed by atoms with Crippen molar-refractivity contribution in [3.05, 3.63) is 0 Å². The average Bonchev–Trinajstić information content (AvgIpc) is 2.00. The number of terminal acetylenes is 1. The molecule has 0 aromatic carbocycles. The minimum Gasteiger partial charge on any atom is -0.328 e. The van der Waals surface area contributed by atoms with Gasteiger partial charge in [-0.2, -0.15) is 0 Å². The highest BCUT2D eigenvalue weighted by Crippen LogP contribution is 2.35. The van der Waals surface area contributed by atoms with Crippen LogP contribution in [0.25, 0.3) is 0 Å². The van der Waals surface area contributed by atoms with Crippen molar-refractivity contribution in [1.82, 2.24) is 0 Å². The Balaban J connectivity index is 4.20. The SMILES string of the molecule is C#CC(CC)(CC)OP(O)O. The standard InChI is InChI=1S/C7H13O3P/c1-4-7(5-2,6-3)10-11(8)9/h1,8-9H,5-6H2,2-3H3. The van der Waals surface area contributed by atoms with Crippen LogP contribution in [0.1, 0.15) is 26.7 Å². The first kappa shape index (κ1) is 10.9. The van der Waals surface area contributed by atoms with E-state index in [2.05, 4.69) is 5.92 Å². The molecule has 0 aliphatic carbocycles. The van der Waals surface area contributed by atoms with Crippen molar-refractivity contribution in [3.63, 3.8) is 0 Å². The first-order chi connectivity index (χ1) is 5.10. The van der Waals surface area contributed by atoms with E-state index < -0.39 is 14.2 Å². The van der Waals surface area contributed by atoms with Crippen LogP contribution in [-0.4, -0.2) is 15.4 Å². The van der Waals surface area contributed by atoms with Crippen molar-refractivity contribution >= 4 is 8.60 Å². The fraction of sp³-hybridized carbons (Fsp3) is 0.714. The van der Waals surface area contributed by atoms with Crippen molar-refractivity contribution < 1.29 is 14.3 Å². The van der Waals surface area contributed by atoms with Crippen LogP contribution >= 0.6 is 8.60 Å². The van der Waals surface area contributed by atoms with Gasteiger partial charge in [0.2, 0.25) is 0 Å². The van der Waals surface area contributed by atoms with E-state index in [-0.39, 0.29) is 0 Å². The molecule has 0 heterocycles. The van der Waals surface area contributed by atoms with Gasteiger partial charge in [0, 0.05) is 0 Å². The summed E-state index contributed by atoms with van der Waals surface area (Å²) < 4.78 is 4.83. The highest BCUT2D eigenvalue weighted by atomic mass is 31.2. The molecule has 0 aliphatic rings. The van der Waals surface area contributed by atoms with Gasteiger partial charge in [-0.15, -0.1) is 6.42 Å². The van der Waals surface area contributed by atoms with Gasteiger partial charge in [-0.3, -0.25) is 4.52 Å². The zero-order valence-electron chi connectivity index (χ0n) is 6.74. The topological polar surface area (TPSA) is 49.7 Å². The summed E-state index contributed by atoms with van der Waals surface area (Å²) in [5, 5.41) is 0. The molecule has 0 bridgehead atoms. The quantitative estimate of drug-likeness (QED) is 0.503. The second-order valence-electron chi connectivity index (χ2n) is 2.19. The Hall–Kier alpha value is -0.130. The van der Waals surface area contributed by atoms with Crippen LogP contribution in [0.2, 0.25) is 0 Å². The molecule has 0 aromatic rings. The molecule has 4 heteroatoms. The molecule has 0 rings (SSSR count). The smallest absolute Gasteiger partial charge is 0.328 e. The van der Waals surface area contributed by atoms with Gasteiger partial charge in [0.1, 0.15) is 5.60 Å². The average molecular weight is 176 g/mol. The maximum atomic E-state index is 8.58. The second-order valence-corrected chi connectivity index (χ2v) is 2.88. The van der Waals surface area contributed by atoms with Crippen LogP contribution in [-0.2, 0) is 4.52 Å². The molecule has 3 nitrogen and oxygen atoms in total. The van der Waals surface area contributed by atoms with E-state index in [1.54, 1.807) is 0 Å². The molecular formula is C7H13O3P. The lowest BCUT2D eigenvalue weighted by atomic mass is 9.99. The van der Waals surface area contributed by atoms with E-state index in [9.17, 15) is 0 Å². The molecule has 0 fully saturated rings. The lowest BCUT2D eigenvalue weighted by Crippen LogP contribution is -2.26. The molecule has 64 valence electrons. The Bertz CT molecular complexity index is 146. The molecule has 0 saturated carbocycles. The van der Waals surface area contributed by atoms with Crippen LogP contribution in [0.15, 0.2) is 0 Å². The Morgan fingerprint density at radius 1 is 1.45 bits per heavy atom. The minimum atomic E-state index is -2.35. The third-order valence-electron chi connectivity index (χ3n) is 1.66. The van der Waals surface area contributed by atoms with E-state index in [1.165, 1.54) is 0 Å². The maximum Gasteiger partial charge on any atom is 0.328 e. The Labute approximate surface area is 68.4 Å². The summed E-state index contributed by atoms with van der Waals surface area (Å²) >= 11 is 0. The molecule has 0 unspecified atom stereocenters. The number of hydrogen-bond donors (Lipinski definition) is 2. The third-order valence-corrected chi connectivity index (χ3v) is 2.17. The molecular weight excluding hydrogens is 163 g/mol. The molecule has 0 radical (unpaired) electrons. The van der Waals surface area contributed by atoms with E-state index in [0.717, 1.165) is 0 Å². The van der Waals surface area contributed by atoms with Crippen molar-refractivity contribution in [1.29, 1.82) is 0 Å². The molecule has 11 heavy (non-hydrogen) atoms. The van der Waals surface area contributed by atoms with Gasteiger partial charge in [-0.05, 0) is 12.8 Å². The molecule has 2 N–H and O–H groups in total. The summed E-state index contributed by atoms with van der Waals surface area (Å²) in [6.45, 7) is 3.70. The first-order valence-electron chi connectivity index (χ1n) is 3.45. The van der Waals surface area contributed by atoms with Crippen molar-refractivity contribution in [2.75, 3.05) is 0 Å². The first-order valence-corrected chi connectivity index (χ1v) is 4.61. The van der Waals surface area contributed by atoms with E-state index in [4.69, 9.17) is 20.7 Å². The van der Waals surface area contributed by atoms with Crippen molar-refractivity contribution in [3.8, 4) is 12.3 Å². The largest absolute Gasteiger partial charge is 0.328 e. The summed E-state index contributed by atoms with van der Waals surface area (Å²) in [7, 11) is -2.35.